The maximum absolute atomic E-state index is 11.0. The maximum Gasteiger partial charge on any atom is 0.343 e. The van der Waals surface area contributed by atoms with E-state index in [-0.39, 0.29) is 6.61 Å². The number of nitrogens with zero attached hydrogens (tertiary/aromatic N) is 2. The summed E-state index contributed by atoms with van der Waals surface area (Å²) >= 11 is 5.88. The first-order valence-corrected chi connectivity index (χ1v) is 5.18. The Kier molecular flexibility index (Phi) is 3.39. The van der Waals surface area contributed by atoms with Gasteiger partial charge in [0.1, 0.15) is 6.33 Å². The van der Waals surface area contributed by atoms with Crippen LogP contribution >= 0.6 is 11.6 Å². The minimum atomic E-state index is -0.473. The smallest absolute Gasteiger partial charge is 0.343 e. The van der Waals surface area contributed by atoms with Crippen LogP contribution in [-0.4, -0.2) is 29.7 Å². The van der Waals surface area contributed by atoms with Crippen LogP contribution in [0, 0.1) is 0 Å². The van der Waals surface area contributed by atoms with Gasteiger partial charge in [-0.15, -0.1) is 0 Å². The number of aromatic nitrogens is 2. The number of hydrogen-bond acceptors (Lipinski definition) is 5. The number of esters is 1. The molecule has 0 aliphatic rings. The molecular formula is C11H9ClN2O3. The van der Waals surface area contributed by atoms with E-state index in [0.717, 1.165) is 0 Å². The third kappa shape index (κ3) is 2.62. The van der Waals surface area contributed by atoms with Crippen molar-refractivity contribution in [2.24, 2.45) is 0 Å². The summed E-state index contributed by atoms with van der Waals surface area (Å²) in [4.78, 5) is 19.0. The molecule has 0 saturated carbocycles. The molecule has 0 atom stereocenters. The summed E-state index contributed by atoms with van der Waals surface area (Å²) in [6, 6.07) is 5.16. The van der Waals surface area contributed by atoms with E-state index in [1.54, 1.807) is 18.2 Å². The van der Waals surface area contributed by atoms with E-state index in [9.17, 15) is 4.79 Å². The predicted octanol–water partition coefficient (Wildman–Crippen LogP) is 1.83. The van der Waals surface area contributed by atoms with Crippen molar-refractivity contribution in [2.45, 2.75) is 0 Å². The van der Waals surface area contributed by atoms with E-state index in [2.05, 4.69) is 14.7 Å². The molecule has 0 aliphatic heterocycles. The Hall–Kier alpha value is -1.88. The molecule has 88 valence electrons. The molecule has 0 fully saturated rings. The minimum absolute atomic E-state index is 0.199. The van der Waals surface area contributed by atoms with Crippen LogP contribution in [-0.2, 0) is 9.53 Å². The SMILES string of the molecule is COC(=O)COc1ncnc2ccc(Cl)cc12. The van der Waals surface area contributed by atoms with E-state index in [1.807, 2.05) is 0 Å². The van der Waals surface area contributed by atoms with Crippen molar-refractivity contribution in [3.63, 3.8) is 0 Å². The topological polar surface area (TPSA) is 61.3 Å². The fourth-order valence-corrected chi connectivity index (χ4v) is 1.48. The standard InChI is InChI=1S/C11H9ClN2O3/c1-16-10(15)5-17-11-8-4-7(12)2-3-9(8)13-6-14-11/h2-4,6H,5H2,1H3. The molecule has 0 spiro atoms. The van der Waals surface area contributed by atoms with Gasteiger partial charge in [-0.1, -0.05) is 11.6 Å². The quantitative estimate of drug-likeness (QED) is 0.780. The molecule has 5 nitrogen and oxygen atoms in total. The fraction of sp³-hybridized carbons (Fsp3) is 0.182. The highest BCUT2D eigenvalue weighted by molar-refractivity contribution is 6.31. The van der Waals surface area contributed by atoms with Gasteiger partial charge in [-0.05, 0) is 18.2 Å². The van der Waals surface area contributed by atoms with Gasteiger partial charge in [-0.2, -0.15) is 0 Å². The van der Waals surface area contributed by atoms with Gasteiger partial charge < -0.3 is 9.47 Å². The summed E-state index contributed by atoms with van der Waals surface area (Å²) in [6.45, 7) is -0.199. The number of hydrogen-bond donors (Lipinski definition) is 0. The number of rotatable bonds is 3. The first-order chi connectivity index (χ1) is 8.20. The van der Waals surface area contributed by atoms with Crippen LogP contribution in [0.1, 0.15) is 0 Å². The summed E-state index contributed by atoms with van der Waals surface area (Å²) in [6.07, 6.45) is 1.36. The van der Waals surface area contributed by atoms with E-state index >= 15 is 0 Å². The average molecular weight is 253 g/mol. The number of carbonyl (C=O) groups excluding carboxylic acids is 1. The second-order valence-electron chi connectivity index (χ2n) is 3.21. The molecule has 6 heteroatoms. The van der Waals surface area contributed by atoms with Gasteiger partial charge in [0.05, 0.1) is 18.0 Å². The van der Waals surface area contributed by atoms with Crippen LogP contribution in [0.5, 0.6) is 5.88 Å². The van der Waals surface area contributed by atoms with Crippen molar-refractivity contribution < 1.29 is 14.3 Å². The van der Waals surface area contributed by atoms with Crippen molar-refractivity contribution in [1.29, 1.82) is 0 Å². The summed E-state index contributed by atoms with van der Waals surface area (Å²) in [5.41, 5.74) is 0.698. The first-order valence-electron chi connectivity index (χ1n) is 4.80. The van der Waals surface area contributed by atoms with E-state index in [4.69, 9.17) is 16.3 Å². The Morgan fingerprint density at radius 2 is 2.24 bits per heavy atom. The lowest BCUT2D eigenvalue weighted by molar-refractivity contribution is -0.142. The zero-order chi connectivity index (χ0) is 12.3. The number of methoxy groups -OCH3 is 1. The molecule has 2 aromatic rings. The van der Waals surface area contributed by atoms with Crippen LogP contribution < -0.4 is 4.74 Å². The van der Waals surface area contributed by atoms with Gasteiger partial charge in [-0.25, -0.2) is 14.8 Å². The third-order valence-corrected chi connectivity index (χ3v) is 2.35. The lowest BCUT2D eigenvalue weighted by atomic mass is 10.2. The summed E-state index contributed by atoms with van der Waals surface area (Å²) in [5, 5.41) is 1.21. The maximum atomic E-state index is 11.0. The van der Waals surface area contributed by atoms with Gasteiger partial charge in [0.2, 0.25) is 5.88 Å². The Morgan fingerprint density at radius 1 is 1.41 bits per heavy atom. The van der Waals surface area contributed by atoms with Gasteiger partial charge in [0.15, 0.2) is 6.61 Å². The fourth-order valence-electron chi connectivity index (χ4n) is 1.31. The van der Waals surface area contributed by atoms with Crippen molar-refractivity contribution in [1.82, 2.24) is 9.97 Å². The Morgan fingerprint density at radius 3 is 3.00 bits per heavy atom. The highest BCUT2D eigenvalue weighted by atomic mass is 35.5. The van der Waals surface area contributed by atoms with Crippen molar-refractivity contribution >= 4 is 28.5 Å². The van der Waals surface area contributed by atoms with Crippen LogP contribution in [0.15, 0.2) is 24.5 Å². The van der Waals surface area contributed by atoms with Gasteiger partial charge in [0.25, 0.3) is 0 Å². The highest BCUT2D eigenvalue weighted by Gasteiger charge is 2.08. The number of halogens is 1. The normalized spacial score (nSPS) is 10.2. The highest BCUT2D eigenvalue weighted by Crippen LogP contribution is 2.24. The summed E-state index contributed by atoms with van der Waals surface area (Å²) in [5.74, 6) is -0.165. The van der Waals surface area contributed by atoms with E-state index in [1.165, 1.54) is 13.4 Å². The van der Waals surface area contributed by atoms with Crippen LogP contribution in [0.2, 0.25) is 5.02 Å². The lowest BCUT2D eigenvalue weighted by Crippen LogP contribution is -2.13. The molecule has 1 aromatic carbocycles. The number of benzene rings is 1. The van der Waals surface area contributed by atoms with Crippen molar-refractivity contribution in [3.8, 4) is 5.88 Å². The predicted molar refractivity (Wildman–Crippen MR) is 62.1 cm³/mol. The average Bonchev–Trinajstić information content (AvgIpc) is 2.35. The molecule has 1 aromatic heterocycles. The van der Waals surface area contributed by atoms with Crippen LogP contribution in [0.4, 0.5) is 0 Å². The zero-order valence-electron chi connectivity index (χ0n) is 9.01. The molecular weight excluding hydrogens is 244 g/mol. The van der Waals surface area contributed by atoms with Crippen molar-refractivity contribution in [2.75, 3.05) is 13.7 Å². The largest absolute Gasteiger partial charge is 0.466 e. The lowest BCUT2D eigenvalue weighted by Gasteiger charge is -2.06. The van der Waals surface area contributed by atoms with Gasteiger partial charge in [-0.3, -0.25) is 0 Å². The molecule has 2 rings (SSSR count). The van der Waals surface area contributed by atoms with Gasteiger partial charge >= 0.3 is 5.97 Å². The molecule has 0 amide bonds. The molecule has 1 heterocycles. The molecule has 0 unspecified atom stereocenters. The molecule has 0 N–H and O–H groups in total. The first kappa shape index (κ1) is 11.6. The Balaban J connectivity index is 2.33. The van der Waals surface area contributed by atoms with Crippen LogP contribution in [0.3, 0.4) is 0 Å². The van der Waals surface area contributed by atoms with E-state index < -0.39 is 5.97 Å². The van der Waals surface area contributed by atoms with Gasteiger partial charge in [0, 0.05) is 5.02 Å². The minimum Gasteiger partial charge on any atom is -0.466 e. The summed E-state index contributed by atoms with van der Waals surface area (Å²) < 4.78 is 9.72. The van der Waals surface area contributed by atoms with Crippen molar-refractivity contribution in [3.05, 3.63) is 29.5 Å². The molecule has 0 saturated heterocycles. The molecule has 0 radical (unpaired) electrons. The second-order valence-corrected chi connectivity index (χ2v) is 3.64. The third-order valence-electron chi connectivity index (χ3n) is 2.12. The zero-order valence-corrected chi connectivity index (χ0v) is 9.77. The van der Waals surface area contributed by atoms with Crippen LogP contribution in [0.25, 0.3) is 10.9 Å². The molecule has 0 aliphatic carbocycles. The number of fused-ring (bicyclic) bond motifs is 1. The molecule has 17 heavy (non-hydrogen) atoms. The summed E-state index contributed by atoms with van der Waals surface area (Å²) in [7, 11) is 1.29. The number of carbonyl (C=O) groups is 1. The Bertz CT molecular complexity index is 559. The second kappa shape index (κ2) is 4.97. The molecule has 0 bridgehead atoms. The van der Waals surface area contributed by atoms with E-state index in [0.29, 0.717) is 21.8 Å². The Labute approximate surface area is 102 Å². The number of ether oxygens (including phenoxy) is 2. The monoisotopic (exact) mass is 252 g/mol.